The number of benzene rings is 2. The van der Waals surface area contributed by atoms with Crippen molar-refractivity contribution in [3.63, 3.8) is 0 Å². The van der Waals surface area contributed by atoms with E-state index in [-0.39, 0.29) is 0 Å². The van der Waals surface area contributed by atoms with E-state index in [0.29, 0.717) is 6.04 Å². The van der Waals surface area contributed by atoms with Crippen LogP contribution in [0.2, 0.25) is 0 Å². The van der Waals surface area contributed by atoms with E-state index >= 15 is 0 Å². The SMILES string of the molecule is CCN(c1ccccc1)c1ccc(C(C)NC)c(Br)c1. The largest absolute Gasteiger partial charge is 0.342 e. The second-order valence-electron chi connectivity index (χ2n) is 4.80. The van der Waals surface area contributed by atoms with E-state index in [1.165, 1.54) is 16.9 Å². The van der Waals surface area contributed by atoms with Crippen molar-refractivity contribution in [3.05, 3.63) is 58.6 Å². The Balaban J connectivity index is 2.35. The number of nitrogens with zero attached hydrogens (tertiary/aromatic N) is 1. The zero-order valence-electron chi connectivity index (χ0n) is 12.2. The fourth-order valence-electron chi connectivity index (χ4n) is 2.31. The number of nitrogens with one attached hydrogen (secondary N) is 1. The number of hydrogen-bond acceptors (Lipinski definition) is 2. The standard InChI is InChI=1S/C17H21BrN2/c1-4-20(14-8-6-5-7-9-14)15-10-11-16(13(2)19-3)17(18)12-15/h5-13,19H,4H2,1-3H3. The van der Waals surface area contributed by atoms with E-state index in [1.807, 2.05) is 13.1 Å². The number of rotatable bonds is 5. The van der Waals surface area contributed by atoms with Gasteiger partial charge in [-0.05, 0) is 50.7 Å². The van der Waals surface area contributed by atoms with Gasteiger partial charge in [-0.2, -0.15) is 0 Å². The molecule has 0 spiro atoms. The molecule has 3 heteroatoms. The molecule has 0 aromatic heterocycles. The van der Waals surface area contributed by atoms with Crippen LogP contribution in [-0.2, 0) is 0 Å². The number of halogens is 1. The normalized spacial score (nSPS) is 12.2. The molecule has 1 unspecified atom stereocenters. The average molecular weight is 333 g/mol. The van der Waals surface area contributed by atoms with Crippen molar-refractivity contribution in [2.24, 2.45) is 0 Å². The highest BCUT2D eigenvalue weighted by Crippen LogP contribution is 2.31. The van der Waals surface area contributed by atoms with Gasteiger partial charge in [-0.25, -0.2) is 0 Å². The van der Waals surface area contributed by atoms with Gasteiger partial charge in [-0.15, -0.1) is 0 Å². The summed E-state index contributed by atoms with van der Waals surface area (Å²) in [6.45, 7) is 5.27. The van der Waals surface area contributed by atoms with E-state index in [2.05, 4.69) is 82.5 Å². The predicted octanol–water partition coefficient (Wildman–Crippen LogP) is 4.89. The van der Waals surface area contributed by atoms with Gasteiger partial charge in [-0.3, -0.25) is 0 Å². The average Bonchev–Trinajstić information content (AvgIpc) is 2.48. The van der Waals surface area contributed by atoms with E-state index < -0.39 is 0 Å². The van der Waals surface area contributed by atoms with Crippen LogP contribution in [0.25, 0.3) is 0 Å². The highest BCUT2D eigenvalue weighted by Gasteiger charge is 2.11. The lowest BCUT2D eigenvalue weighted by Gasteiger charge is -2.24. The molecule has 0 heterocycles. The van der Waals surface area contributed by atoms with Crippen LogP contribution in [0.4, 0.5) is 11.4 Å². The molecule has 0 saturated heterocycles. The first kappa shape index (κ1) is 15.1. The molecule has 2 aromatic carbocycles. The van der Waals surface area contributed by atoms with Gasteiger partial charge in [0.15, 0.2) is 0 Å². The van der Waals surface area contributed by atoms with Crippen LogP contribution in [0.15, 0.2) is 53.0 Å². The van der Waals surface area contributed by atoms with Crippen molar-refractivity contribution >= 4 is 27.3 Å². The molecule has 0 radical (unpaired) electrons. The lowest BCUT2D eigenvalue weighted by atomic mass is 10.1. The molecule has 106 valence electrons. The molecule has 0 aliphatic heterocycles. The summed E-state index contributed by atoms with van der Waals surface area (Å²) in [6, 6.07) is 17.4. The first-order chi connectivity index (χ1) is 9.67. The molecule has 0 bridgehead atoms. The molecule has 20 heavy (non-hydrogen) atoms. The number of para-hydroxylation sites is 1. The monoisotopic (exact) mass is 332 g/mol. The predicted molar refractivity (Wildman–Crippen MR) is 90.7 cm³/mol. The van der Waals surface area contributed by atoms with Crippen LogP contribution < -0.4 is 10.2 Å². The third-order valence-corrected chi connectivity index (χ3v) is 4.27. The van der Waals surface area contributed by atoms with Gasteiger partial charge in [0.2, 0.25) is 0 Å². The molecule has 0 aliphatic rings. The zero-order chi connectivity index (χ0) is 14.5. The molecule has 0 saturated carbocycles. The quantitative estimate of drug-likeness (QED) is 0.838. The van der Waals surface area contributed by atoms with Crippen LogP contribution >= 0.6 is 15.9 Å². The van der Waals surface area contributed by atoms with Crippen molar-refractivity contribution in [1.29, 1.82) is 0 Å². The van der Waals surface area contributed by atoms with Crippen molar-refractivity contribution in [2.45, 2.75) is 19.9 Å². The van der Waals surface area contributed by atoms with Crippen molar-refractivity contribution in [3.8, 4) is 0 Å². The molecule has 2 nitrogen and oxygen atoms in total. The molecule has 1 N–H and O–H groups in total. The van der Waals surface area contributed by atoms with Crippen LogP contribution in [-0.4, -0.2) is 13.6 Å². The minimum Gasteiger partial charge on any atom is -0.342 e. The summed E-state index contributed by atoms with van der Waals surface area (Å²) in [5.41, 5.74) is 3.70. The summed E-state index contributed by atoms with van der Waals surface area (Å²) >= 11 is 3.69. The van der Waals surface area contributed by atoms with Crippen molar-refractivity contribution in [1.82, 2.24) is 5.32 Å². The summed E-state index contributed by atoms with van der Waals surface area (Å²) in [5, 5.41) is 3.27. The number of hydrogen-bond donors (Lipinski definition) is 1. The summed E-state index contributed by atoms with van der Waals surface area (Å²) in [4.78, 5) is 2.30. The topological polar surface area (TPSA) is 15.3 Å². The van der Waals surface area contributed by atoms with Crippen LogP contribution in [0.3, 0.4) is 0 Å². The van der Waals surface area contributed by atoms with Gasteiger partial charge >= 0.3 is 0 Å². The van der Waals surface area contributed by atoms with Crippen LogP contribution in [0.5, 0.6) is 0 Å². The molecule has 1 atom stereocenters. The lowest BCUT2D eigenvalue weighted by Crippen LogP contribution is -2.17. The Hall–Kier alpha value is -1.32. The van der Waals surface area contributed by atoms with E-state index in [0.717, 1.165) is 11.0 Å². The Morgan fingerprint density at radius 2 is 1.80 bits per heavy atom. The fourth-order valence-corrected chi connectivity index (χ4v) is 3.02. The number of anilines is 2. The smallest absolute Gasteiger partial charge is 0.0422 e. The van der Waals surface area contributed by atoms with Crippen LogP contribution in [0.1, 0.15) is 25.5 Å². The maximum Gasteiger partial charge on any atom is 0.0422 e. The van der Waals surface area contributed by atoms with Gasteiger partial charge in [0.25, 0.3) is 0 Å². The van der Waals surface area contributed by atoms with E-state index in [1.54, 1.807) is 0 Å². The van der Waals surface area contributed by atoms with Crippen LogP contribution in [0, 0.1) is 0 Å². The second-order valence-corrected chi connectivity index (χ2v) is 5.65. The summed E-state index contributed by atoms with van der Waals surface area (Å²) < 4.78 is 1.14. The molecular weight excluding hydrogens is 312 g/mol. The van der Waals surface area contributed by atoms with Gasteiger partial charge in [-0.1, -0.05) is 40.2 Å². The first-order valence-corrected chi connectivity index (χ1v) is 7.76. The van der Waals surface area contributed by atoms with Crippen molar-refractivity contribution < 1.29 is 0 Å². The molecular formula is C17H21BrN2. The Kier molecular flexibility index (Phi) is 5.21. The third kappa shape index (κ3) is 3.22. The van der Waals surface area contributed by atoms with Gasteiger partial charge < -0.3 is 10.2 Å². The molecule has 0 aliphatic carbocycles. The van der Waals surface area contributed by atoms with Gasteiger partial charge in [0, 0.05) is 28.4 Å². The minimum atomic E-state index is 0.338. The Labute approximate surface area is 129 Å². The maximum absolute atomic E-state index is 3.69. The molecule has 2 rings (SSSR count). The highest BCUT2D eigenvalue weighted by molar-refractivity contribution is 9.10. The summed E-state index contributed by atoms with van der Waals surface area (Å²) in [5.74, 6) is 0. The Bertz CT molecular complexity index is 554. The molecule has 2 aromatic rings. The second kappa shape index (κ2) is 6.91. The first-order valence-electron chi connectivity index (χ1n) is 6.96. The Morgan fingerprint density at radius 1 is 1.10 bits per heavy atom. The third-order valence-electron chi connectivity index (χ3n) is 3.58. The summed E-state index contributed by atoms with van der Waals surface area (Å²) in [7, 11) is 1.98. The zero-order valence-corrected chi connectivity index (χ0v) is 13.8. The lowest BCUT2D eigenvalue weighted by molar-refractivity contribution is 0.649. The maximum atomic E-state index is 3.69. The minimum absolute atomic E-state index is 0.338. The highest BCUT2D eigenvalue weighted by atomic mass is 79.9. The molecule has 0 fully saturated rings. The van der Waals surface area contributed by atoms with E-state index in [9.17, 15) is 0 Å². The van der Waals surface area contributed by atoms with Crippen molar-refractivity contribution in [2.75, 3.05) is 18.5 Å². The Morgan fingerprint density at radius 3 is 2.35 bits per heavy atom. The fraction of sp³-hybridized carbons (Fsp3) is 0.294. The van der Waals surface area contributed by atoms with Gasteiger partial charge in [0.05, 0.1) is 0 Å². The van der Waals surface area contributed by atoms with Gasteiger partial charge in [0.1, 0.15) is 0 Å². The van der Waals surface area contributed by atoms with E-state index in [4.69, 9.17) is 0 Å². The summed E-state index contributed by atoms with van der Waals surface area (Å²) in [6.07, 6.45) is 0. The molecule has 0 amide bonds.